The van der Waals surface area contributed by atoms with Crippen molar-refractivity contribution in [2.45, 2.75) is 18.9 Å². The van der Waals surface area contributed by atoms with E-state index in [0.29, 0.717) is 32.0 Å². The highest BCUT2D eigenvalue weighted by molar-refractivity contribution is 9.10. The van der Waals surface area contributed by atoms with Crippen molar-refractivity contribution in [2.24, 2.45) is 5.92 Å². The van der Waals surface area contributed by atoms with Gasteiger partial charge in [0.2, 0.25) is 0 Å². The maximum Gasteiger partial charge on any atom is 0.294 e. The minimum atomic E-state index is -0.562. The highest BCUT2D eigenvalue weighted by Gasteiger charge is 2.34. The summed E-state index contributed by atoms with van der Waals surface area (Å²) in [6, 6.07) is 2.98. The molecule has 1 aliphatic rings. The first-order valence-electron chi connectivity index (χ1n) is 8.67. The summed E-state index contributed by atoms with van der Waals surface area (Å²) in [5.41, 5.74) is 0.0157. The molecule has 0 amide bonds. The van der Waals surface area contributed by atoms with Gasteiger partial charge in [-0.05, 0) is 34.7 Å². The van der Waals surface area contributed by atoms with E-state index < -0.39 is 6.67 Å². The number of benzene rings is 1. The minimum absolute atomic E-state index is 0.00634. The van der Waals surface area contributed by atoms with Crippen molar-refractivity contribution < 1.29 is 13.9 Å². The van der Waals surface area contributed by atoms with Crippen LogP contribution in [0.2, 0.25) is 10.0 Å². The number of hydrogen-bond acceptors (Lipinski definition) is 5. The van der Waals surface area contributed by atoms with Crippen LogP contribution in [0.25, 0.3) is 0 Å². The van der Waals surface area contributed by atoms with E-state index in [0.717, 1.165) is 12.8 Å². The number of nitrogens with one attached hydrogen (secondary N) is 1. The quantitative estimate of drug-likeness (QED) is 0.497. The van der Waals surface area contributed by atoms with Crippen molar-refractivity contribution in [1.82, 2.24) is 9.55 Å². The number of rotatable bonds is 9. The van der Waals surface area contributed by atoms with Crippen LogP contribution < -0.4 is 15.6 Å². The van der Waals surface area contributed by atoms with Gasteiger partial charge in [0, 0.05) is 18.3 Å². The van der Waals surface area contributed by atoms with Gasteiger partial charge in [0.25, 0.3) is 5.56 Å². The first-order chi connectivity index (χ1) is 13.4. The Balaban J connectivity index is 1.94. The van der Waals surface area contributed by atoms with Crippen LogP contribution in [-0.4, -0.2) is 36.5 Å². The molecule has 10 heteroatoms. The molecule has 152 valence electrons. The van der Waals surface area contributed by atoms with Gasteiger partial charge in [0.05, 0.1) is 42.1 Å². The van der Waals surface area contributed by atoms with Crippen molar-refractivity contribution in [3.05, 3.63) is 43.3 Å². The Bertz CT molecular complexity index is 885. The second-order valence-corrected chi connectivity index (χ2v) is 8.01. The van der Waals surface area contributed by atoms with Crippen LogP contribution in [-0.2, 0) is 4.74 Å². The molecule has 0 radical (unpaired) electrons. The van der Waals surface area contributed by atoms with Gasteiger partial charge in [-0.1, -0.05) is 23.2 Å². The third kappa shape index (κ3) is 4.97. The largest absolute Gasteiger partial charge is 0.497 e. The molecule has 1 atom stereocenters. The maximum absolute atomic E-state index is 13.1. The second-order valence-electron chi connectivity index (χ2n) is 6.38. The number of hydrogen-bond donors (Lipinski definition) is 1. The van der Waals surface area contributed by atoms with E-state index in [4.69, 9.17) is 32.7 Å². The standard InChI is InChI=1S/C18H19BrCl2FN3O3/c1-27-11-6-12(20)16(13(21)7-11)24-17-18(26)25(8-15(19)23-17)14(10-2-3-10)9-28-5-4-22/h6-8,10,14H,2-5,9H2,1H3,(H,23,24)/t14-/m0/s1. The predicted molar refractivity (Wildman–Crippen MR) is 111 cm³/mol. The summed E-state index contributed by atoms with van der Waals surface area (Å²) in [4.78, 5) is 17.3. The molecule has 6 nitrogen and oxygen atoms in total. The third-order valence-corrected chi connectivity index (χ3v) is 5.41. The number of nitrogens with zero attached hydrogens (tertiary/aromatic N) is 2. The van der Waals surface area contributed by atoms with Crippen molar-refractivity contribution in [3.63, 3.8) is 0 Å². The highest BCUT2D eigenvalue weighted by Crippen LogP contribution is 2.40. The summed E-state index contributed by atoms with van der Waals surface area (Å²) < 4.78 is 24.9. The molecule has 3 rings (SSSR count). The van der Waals surface area contributed by atoms with Crippen LogP contribution in [0.3, 0.4) is 0 Å². The van der Waals surface area contributed by atoms with Crippen molar-refractivity contribution in [2.75, 3.05) is 32.3 Å². The van der Waals surface area contributed by atoms with Gasteiger partial charge >= 0.3 is 0 Å². The number of ether oxygens (including phenoxy) is 2. The molecule has 2 aromatic rings. The molecule has 0 bridgehead atoms. The van der Waals surface area contributed by atoms with Gasteiger partial charge in [-0.3, -0.25) is 4.79 Å². The van der Waals surface area contributed by atoms with E-state index in [1.54, 1.807) is 22.9 Å². The zero-order chi connectivity index (χ0) is 20.3. The Morgan fingerprint density at radius 3 is 2.64 bits per heavy atom. The normalized spacial score (nSPS) is 14.8. The average Bonchev–Trinajstić information content (AvgIpc) is 3.49. The van der Waals surface area contributed by atoms with Gasteiger partial charge in [-0.15, -0.1) is 0 Å². The molecule has 28 heavy (non-hydrogen) atoms. The van der Waals surface area contributed by atoms with Crippen LogP contribution in [0, 0.1) is 5.92 Å². The smallest absolute Gasteiger partial charge is 0.294 e. The summed E-state index contributed by atoms with van der Waals surface area (Å²) in [5, 5.41) is 3.52. The van der Waals surface area contributed by atoms with Crippen LogP contribution >= 0.6 is 39.1 Å². The Labute approximate surface area is 180 Å². The Morgan fingerprint density at radius 2 is 2.07 bits per heavy atom. The average molecular weight is 495 g/mol. The lowest BCUT2D eigenvalue weighted by Crippen LogP contribution is -2.31. The molecular formula is C18H19BrCl2FN3O3. The van der Waals surface area contributed by atoms with Gasteiger partial charge in [0.15, 0.2) is 5.82 Å². The summed E-state index contributed by atoms with van der Waals surface area (Å²) >= 11 is 15.9. The van der Waals surface area contributed by atoms with Crippen LogP contribution in [0.5, 0.6) is 5.75 Å². The zero-order valence-corrected chi connectivity index (χ0v) is 18.2. The van der Waals surface area contributed by atoms with E-state index in [-0.39, 0.29) is 30.6 Å². The van der Waals surface area contributed by atoms with E-state index >= 15 is 0 Å². The summed E-state index contributed by atoms with van der Waals surface area (Å²) in [7, 11) is 1.51. The number of halogens is 4. The maximum atomic E-state index is 13.1. The van der Waals surface area contributed by atoms with Crippen LogP contribution in [0.1, 0.15) is 18.9 Å². The summed E-state index contributed by atoms with van der Waals surface area (Å²) in [5.74, 6) is 0.881. The molecule has 0 spiro atoms. The predicted octanol–water partition coefficient (Wildman–Crippen LogP) is 5.00. The summed E-state index contributed by atoms with van der Waals surface area (Å²) in [6.45, 7) is -0.297. The fraction of sp³-hybridized carbons (Fsp3) is 0.444. The van der Waals surface area contributed by atoms with Gasteiger partial charge in [0.1, 0.15) is 17.0 Å². The first-order valence-corrected chi connectivity index (χ1v) is 10.2. The van der Waals surface area contributed by atoms with Crippen LogP contribution in [0.15, 0.2) is 27.7 Å². The number of anilines is 2. The van der Waals surface area contributed by atoms with Crippen molar-refractivity contribution in [3.8, 4) is 5.75 Å². The molecule has 1 aliphatic carbocycles. The topological polar surface area (TPSA) is 65.4 Å². The van der Waals surface area contributed by atoms with E-state index in [9.17, 15) is 9.18 Å². The molecular weight excluding hydrogens is 476 g/mol. The molecule has 1 saturated carbocycles. The highest BCUT2D eigenvalue weighted by atomic mass is 79.9. The molecule has 0 aliphatic heterocycles. The summed E-state index contributed by atoms with van der Waals surface area (Å²) in [6.07, 6.45) is 3.61. The lowest BCUT2D eigenvalue weighted by Gasteiger charge is -2.21. The molecule has 0 unspecified atom stereocenters. The number of methoxy groups -OCH3 is 1. The number of aromatic nitrogens is 2. The molecule has 1 aromatic heterocycles. The Morgan fingerprint density at radius 1 is 1.39 bits per heavy atom. The molecule has 1 fully saturated rings. The lowest BCUT2D eigenvalue weighted by molar-refractivity contribution is 0.0832. The third-order valence-electron chi connectivity index (χ3n) is 4.43. The fourth-order valence-corrected chi connectivity index (χ4v) is 3.86. The minimum Gasteiger partial charge on any atom is -0.497 e. The van der Waals surface area contributed by atoms with Crippen molar-refractivity contribution >= 4 is 50.6 Å². The molecule has 1 aromatic carbocycles. The lowest BCUT2D eigenvalue weighted by atomic mass is 10.2. The zero-order valence-electron chi connectivity index (χ0n) is 15.1. The first kappa shape index (κ1) is 21.4. The van der Waals surface area contributed by atoms with E-state index in [2.05, 4.69) is 26.2 Å². The molecule has 1 heterocycles. The Kier molecular flexibility index (Phi) is 7.20. The molecule has 1 N–H and O–H groups in total. The molecule has 0 saturated heterocycles. The van der Waals surface area contributed by atoms with Gasteiger partial charge in [-0.2, -0.15) is 0 Å². The van der Waals surface area contributed by atoms with Crippen LogP contribution in [0.4, 0.5) is 15.9 Å². The van der Waals surface area contributed by atoms with Gasteiger partial charge in [-0.25, -0.2) is 9.37 Å². The SMILES string of the molecule is COc1cc(Cl)c(Nc2nc(Br)cn([C@@H](COCCF)C3CC3)c2=O)c(Cl)c1. The monoisotopic (exact) mass is 493 g/mol. The second kappa shape index (κ2) is 9.43. The van der Waals surface area contributed by atoms with Crippen molar-refractivity contribution in [1.29, 1.82) is 0 Å². The Hall–Kier alpha value is -1.35. The fourth-order valence-electron chi connectivity index (χ4n) is 2.90. The van der Waals surface area contributed by atoms with E-state index in [1.807, 2.05) is 0 Å². The van der Waals surface area contributed by atoms with E-state index in [1.165, 1.54) is 7.11 Å². The van der Waals surface area contributed by atoms with Gasteiger partial charge < -0.3 is 19.4 Å². The number of alkyl halides is 1.